The van der Waals surface area contributed by atoms with E-state index in [2.05, 4.69) is 29.7 Å². The first kappa shape index (κ1) is 17.8. The highest BCUT2D eigenvalue weighted by Gasteiger charge is 2.05. The van der Waals surface area contributed by atoms with Crippen LogP contribution >= 0.6 is 0 Å². The summed E-state index contributed by atoms with van der Waals surface area (Å²) < 4.78 is 11.2. The third-order valence-corrected chi connectivity index (χ3v) is 3.07. The molecular weight excluding hydrogens is 264 g/mol. The van der Waals surface area contributed by atoms with E-state index >= 15 is 0 Å². The molecule has 1 aromatic rings. The molecule has 0 aliphatic rings. The first-order valence-corrected chi connectivity index (χ1v) is 8.11. The minimum atomic E-state index is 0.653. The lowest BCUT2D eigenvalue weighted by Gasteiger charge is -2.13. The fourth-order valence-corrected chi connectivity index (χ4v) is 2.08. The zero-order valence-corrected chi connectivity index (χ0v) is 13.7. The van der Waals surface area contributed by atoms with E-state index in [1.165, 1.54) is 12.0 Å². The van der Waals surface area contributed by atoms with Crippen molar-refractivity contribution in [1.29, 1.82) is 0 Å². The van der Waals surface area contributed by atoms with Crippen molar-refractivity contribution in [3.63, 3.8) is 0 Å². The Morgan fingerprint density at radius 1 is 0.857 bits per heavy atom. The summed E-state index contributed by atoms with van der Waals surface area (Å²) in [7, 11) is 0. The molecule has 0 aliphatic carbocycles. The highest BCUT2D eigenvalue weighted by atomic mass is 16.5. The van der Waals surface area contributed by atoms with Gasteiger partial charge in [-0.1, -0.05) is 13.0 Å². The Labute approximate surface area is 129 Å². The van der Waals surface area contributed by atoms with Crippen LogP contribution in [0.4, 0.5) is 0 Å². The summed E-state index contributed by atoms with van der Waals surface area (Å²) in [6, 6.07) is 6.15. The van der Waals surface area contributed by atoms with E-state index in [1.807, 2.05) is 19.9 Å². The Morgan fingerprint density at radius 3 is 2.29 bits per heavy atom. The van der Waals surface area contributed by atoms with E-state index in [-0.39, 0.29) is 0 Å². The van der Waals surface area contributed by atoms with Gasteiger partial charge in [-0.2, -0.15) is 0 Å². The van der Waals surface area contributed by atoms with Crippen LogP contribution in [-0.4, -0.2) is 32.8 Å². The first-order chi connectivity index (χ1) is 10.3. The van der Waals surface area contributed by atoms with E-state index in [1.54, 1.807) is 0 Å². The molecule has 0 amide bonds. The van der Waals surface area contributed by atoms with E-state index < -0.39 is 0 Å². The van der Waals surface area contributed by atoms with Crippen LogP contribution in [-0.2, 0) is 6.54 Å². The lowest BCUT2D eigenvalue weighted by atomic mass is 10.2. The average molecular weight is 294 g/mol. The highest BCUT2D eigenvalue weighted by Crippen LogP contribution is 2.28. The maximum absolute atomic E-state index is 5.64. The molecule has 0 saturated heterocycles. The Kier molecular flexibility index (Phi) is 9.66. The summed E-state index contributed by atoms with van der Waals surface area (Å²) in [5, 5.41) is 6.87. The molecule has 2 N–H and O–H groups in total. The van der Waals surface area contributed by atoms with Gasteiger partial charge < -0.3 is 20.1 Å². The van der Waals surface area contributed by atoms with E-state index in [4.69, 9.17) is 9.47 Å². The number of ether oxygens (including phenoxy) is 2. The number of nitrogens with one attached hydrogen (secondary N) is 2. The zero-order valence-electron chi connectivity index (χ0n) is 13.7. The summed E-state index contributed by atoms with van der Waals surface area (Å²) in [5.74, 6) is 1.66. The maximum atomic E-state index is 5.64. The van der Waals surface area contributed by atoms with Crippen molar-refractivity contribution >= 4 is 0 Å². The van der Waals surface area contributed by atoms with Crippen molar-refractivity contribution in [3.8, 4) is 11.5 Å². The fourth-order valence-electron chi connectivity index (χ4n) is 2.08. The van der Waals surface area contributed by atoms with Gasteiger partial charge in [0.2, 0.25) is 0 Å². The van der Waals surface area contributed by atoms with Crippen LogP contribution in [0.15, 0.2) is 18.2 Å². The Morgan fingerprint density at radius 2 is 1.57 bits per heavy atom. The minimum Gasteiger partial charge on any atom is -0.490 e. The van der Waals surface area contributed by atoms with Crippen molar-refractivity contribution in [3.05, 3.63) is 23.8 Å². The Bertz CT molecular complexity index is 383. The van der Waals surface area contributed by atoms with Gasteiger partial charge in [0.1, 0.15) is 0 Å². The molecule has 21 heavy (non-hydrogen) atoms. The lowest BCUT2D eigenvalue weighted by Crippen LogP contribution is -2.22. The average Bonchev–Trinajstić information content (AvgIpc) is 2.49. The fraction of sp³-hybridized carbons (Fsp3) is 0.647. The van der Waals surface area contributed by atoms with Crippen molar-refractivity contribution in [2.24, 2.45) is 0 Å². The molecule has 120 valence electrons. The molecule has 0 spiro atoms. The zero-order chi connectivity index (χ0) is 15.3. The van der Waals surface area contributed by atoms with E-state index in [0.29, 0.717) is 13.2 Å². The van der Waals surface area contributed by atoms with Crippen LogP contribution in [0.5, 0.6) is 11.5 Å². The number of benzene rings is 1. The third kappa shape index (κ3) is 7.34. The number of rotatable bonds is 12. The van der Waals surface area contributed by atoms with Crippen LogP contribution in [0.2, 0.25) is 0 Å². The quantitative estimate of drug-likeness (QED) is 0.582. The second-order valence-corrected chi connectivity index (χ2v) is 4.93. The molecule has 0 atom stereocenters. The molecule has 0 saturated carbocycles. The predicted octanol–water partition coefficient (Wildman–Crippen LogP) is 2.96. The monoisotopic (exact) mass is 294 g/mol. The van der Waals surface area contributed by atoms with Crippen LogP contribution in [0.1, 0.15) is 39.2 Å². The summed E-state index contributed by atoms with van der Waals surface area (Å²) in [4.78, 5) is 0. The van der Waals surface area contributed by atoms with Gasteiger partial charge in [0.25, 0.3) is 0 Å². The molecule has 0 heterocycles. The summed E-state index contributed by atoms with van der Waals surface area (Å²) >= 11 is 0. The molecule has 4 nitrogen and oxygen atoms in total. The van der Waals surface area contributed by atoms with Crippen molar-refractivity contribution < 1.29 is 9.47 Å². The standard InChI is InChI=1S/C17H30N2O2/c1-4-10-18-11-7-12-19-14-15-8-9-16(20-5-2)17(13-15)21-6-3/h8-9,13,18-19H,4-7,10-12,14H2,1-3H3. The molecule has 0 aliphatic heterocycles. The van der Waals surface area contributed by atoms with Gasteiger partial charge in [-0.05, 0) is 64.0 Å². The highest BCUT2D eigenvalue weighted by molar-refractivity contribution is 5.43. The molecule has 0 fully saturated rings. The summed E-state index contributed by atoms with van der Waals surface area (Å²) in [6.07, 6.45) is 2.34. The van der Waals surface area contributed by atoms with E-state index in [9.17, 15) is 0 Å². The normalized spacial score (nSPS) is 10.6. The van der Waals surface area contributed by atoms with Gasteiger partial charge in [0.15, 0.2) is 11.5 Å². The SMILES string of the molecule is CCCNCCCNCc1ccc(OCC)c(OCC)c1. The van der Waals surface area contributed by atoms with Crippen molar-refractivity contribution in [2.45, 2.75) is 40.2 Å². The van der Waals surface area contributed by atoms with Crippen LogP contribution in [0.3, 0.4) is 0 Å². The second kappa shape index (κ2) is 11.4. The molecule has 0 bridgehead atoms. The van der Waals surface area contributed by atoms with Gasteiger partial charge in [0, 0.05) is 6.54 Å². The van der Waals surface area contributed by atoms with Gasteiger partial charge in [0.05, 0.1) is 13.2 Å². The Hall–Kier alpha value is -1.26. The molecule has 0 aromatic heterocycles. The molecule has 1 rings (SSSR count). The Balaban J connectivity index is 2.35. The van der Waals surface area contributed by atoms with Gasteiger partial charge in [-0.25, -0.2) is 0 Å². The third-order valence-electron chi connectivity index (χ3n) is 3.07. The minimum absolute atomic E-state index is 0.653. The van der Waals surface area contributed by atoms with Crippen LogP contribution in [0, 0.1) is 0 Å². The molecular formula is C17H30N2O2. The molecule has 0 unspecified atom stereocenters. The first-order valence-electron chi connectivity index (χ1n) is 8.11. The predicted molar refractivity (Wildman–Crippen MR) is 88.3 cm³/mol. The lowest BCUT2D eigenvalue weighted by molar-refractivity contribution is 0.287. The van der Waals surface area contributed by atoms with Crippen molar-refractivity contribution in [2.75, 3.05) is 32.8 Å². The van der Waals surface area contributed by atoms with Gasteiger partial charge >= 0.3 is 0 Å². The number of hydrogen-bond acceptors (Lipinski definition) is 4. The topological polar surface area (TPSA) is 42.5 Å². The van der Waals surface area contributed by atoms with Crippen LogP contribution < -0.4 is 20.1 Å². The smallest absolute Gasteiger partial charge is 0.161 e. The molecule has 4 heteroatoms. The van der Waals surface area contributed by atoms with Gasteiger partial charge in [-0.3, -0.25) is 0 Å². The molecule has 1 aromatic carbocycles. The number of hydrogen-bond donors (Lipinski definition) is 2. The molecule has 0 radical (unpaired) electrons. The maximum Gasteiger partial charge on any atom is 0.161 e. The van der Waals surface area contributed by atoms with Crippen LogP contribution in [0.25, 0.3) is 0 Å². The van der Waals surface area contributed by atoms with Gasteiger partial charge in [-0.15, -0.1) is 0 Å². The largest absolute Gasteiger partial charge is 0.490 e. The second-order valence-electron chi connectivity index (χ2n) is 4.93. The van der Waals surface area contributed by atoms with E-state index in [0.717, 1.165) is 44.1 Å². The summed E-state index contributed by atoms with van der Waals surface area (Å²) in [6.45, 7) is 11.5. The summed E-state index contributed by atoms with van der Waals surface area (Å²) in [5.41, 5.74) is 1.23. The van der Waals surface area contributed by atoms with Crippen molar-refractivity contribution in [1.82, 2.24) is 10.6 Å².